The first kappa shape index (κ1) is 8.92. The Bertz CT molecular complexity index is 58.3. The molecule has 0 heterocycles. The number of rotatable bonds is 2. The summed E-state index contributed by atoms with van der Waals surface area (Å²) in [6, 6.07) is 0. The van der Waals surface area contributed by atoms with Crippen LogP contribution in [0.4, 0.5) is 0 Å². The van der Waals surface area contributed by atoms with Crippen LogP contribution in [0.2, 0.25) is 0 Å². The first-order valence-corrected chi connectivity index (χ1v) is 1.49. The first-order valence-electron chi connectivity index (χ1n) is 2.49. The van der Waals surface area contributed by atoms with Crippen molar-refractivity contribution in [2.24, 2.45) is 5.73 Å². The number of hydrogen-bond acceptors (Lipinski definition) is 2. The van der Waals surface area contributed by atoms with E-state index in [1.807, 2.05) is 0 Å². The van der Waals surface area contributed by atoms with Crippen LogP contribution in [0.3, 0.4) is 0 Å². The maximum Gasteiger partial charge on any atom is 0.0564 e. The fraction of sp³-hybridized carbons (Fsp3) is 1.00. The number of hydrogen-bond donors (Lipinski definition) is 2. The van der Waals surface area contributed by atoms with Crippen molar-refractivity contribution < 1.29 is 7.85 Å². The second-order valence-electron chi connectivity index (χ2n) is 0.697. The molecule has 0 aromatic heterocycles. The van der Waals surface area contributed by atoms with Gasteiger partial charge in [0.1, 0.15) is 0 Å². The van der Waals surface area contributed by atoms with Crippen LogP contribution >= 0.6 is 0 Å². The minimum atomic E-state index is -2.07. The van der Waals surface area contributed by atoms with Gasteiger partial charge in [0.15, 0.2) is 0 Å². The summed E-state index contributed by atoms with van der Waals surface area (Å²) in [5.41, 5.74) is 4.91. The molecule has 7 heavy (non-hydrogen) atoms. The van der Waals surface area contributed by atoms with Gasteiger partial charge in [-0.25, -0.2) is 0 Å². The molecule has 0 rings (SSSR count). The van der Waals surface area contributed by atoms with Gasteiger partial charge >= 0.3 is 0 Å². The molecule has 0 spiro atoms. The molecule has 4 heteroatoms. The molecule has 0 aromatic carbocycles. The molecule has 2 nitrogen and oxygen atoms in total. The Kier molecular flexibility index (Phi) is 20.0. The Morgan fingerprint density at radius 1 is 1.57 bits per heavy atom. The number of aliphatic hydroxyl groups is 1. The van der Waals surface area contributed by atoms with Crippen molar-refractivity contribution in [3.8, 4) is 0 Å². The second-order valence-corrected chi connectivity index (χ2v) is 0.697. The van der Waals surface area contributed by atoms with Crippen LogP contribution < -0.4 is 5.73 Å². The van der Waals surface area contributed by atoms with Crippen molar-refractivity contribution in [1.82, 2.24) is 0 Å². The van der Waals surface area contributed by atoms with Gasteiger partial charge < -0.3 is 10.8 Å². The molecule has 0 saturated heterocycles. The van der Waals surface area contributed by atoms with Crippen LogP contribution in [-0.2, 0) is 0 Å². The average Bonchev–Trinajstić information content (AvgIpc) is 1.30. The van der Waals surface area contributed by atoms with E-state index in [1.54, 1.807) is 0 Å². The third kappa shape index (κ3) is 18.1. The Morgan fingerprint density at radius 3 is 2.00 bits per heavy atom. The molecule has 0 aromatic rings. The minimum absolute atomic E-state index is 0. The van der Waals surface area contributed by atoms with Gasteiger partial charge in [-0.1, -0.05) is 0 Å². The normalized spacial score (nSPS) is 12.3. The second kappa shape index (κ2) is 15.7. The fourth-order valence-electron chi connectivity index (χ4n) is 0.0645. The maximum atomic E-state index is 8.27. The summed E-state index contributed by atoms with van der Waals surface area (Å²) in [5, 5.41) is 8.27. The smallest absolute Gasteiger partial charge is 0.0564 e. The van der Waals surface area contributed by atoms with E-state index in [1.165, 1.54) is 0 Å². The molecular formula is C3H9NNa2O. The minimum Gasteiger partial charge on any atom is -0.396 e. The van der Waals surface area contributed by atoms with Gasteiger partial charge in [-0.15, -0.1) is 0 Å². The molecule has 0 aliphatic carbocycles. The predicted octanol–water partition coefficient (Wildman–Crippen LogP) is -1.43. The van der Waals surface area contributed by atoms with Crippen molar-refractivity contribution >= 4 is 59.1 Å². The largest absolute Gasteiger partial charge is 0.396 e. The zero-order valence-corrected chi connectivity index (χ0v) is 8.94. The Balaban J connectivity index is -0.000000180. The monoisotopic (exact) mass is 123 g/mol. The van der Waals surface area contributed by atoms with Crippen molar-refractivity contribution in [1.29, 1.82) is 0 Å². The predicted molar refractivity (Wildman–Crippen MR) is 32.3 cm³/mol. The zero-order valence-electron chi connectivity index (χ0n) is 6.94. The maximum absolute atomic E-state index is 8.27. The zero-order chi connectivity index (χ0) is 5.91. The quantitative estimate of drug-likeness (QED) is 0.442. The summed E-state index contributed by atoms with van der Waals surface area (Å²) in [6.07, 6.45) is 0.00694. The summed E-state index contributed by atoms with van der Waals surface area (Å²) < 4.78 is 12.9. The summed E-state index contributed by atoms with van der Waals surface area (Å²) in [7, 11) is 0. The molecule has 0 aliphatic heterocycles. The van der Waals surface area contributed by atoms with Crippen LogP contribution in [-0.4, -0.2) is 77.3 Å². The van der Waals surface area contributed by atoms with Crippen molar-refractivity contribution in [2.45, 2.75) is 6.42 Å². The standard InChI is InChI=1S/C3H9NO.2Na/c4-2-1-3-5;;/h5H,1-4H2;;/i3D2;;. The van der Waals surface area contributed by atoms with Crippen LogP contribution in [0, 0.1) is 0 Å². The molecule has 0 atom stereocenters. The van der Waals surface area contributed by atoms with Crippen LogP contribution in [0.1, 0.15) is 9.16 Å². The van der Waals surface area contributed by atoms with E-state index in [-0.39, 0.29) is 72.1 Å². The third-order valence-corrected chi connectivity index (χ3v) is 0.256. The molecule has 0 aliphatic rings. The van der Waals surface area contributed by atoms with E-state index < -0.39 is 6.56 Å². The van der Waals surface area contributed by atoms with Crippen molar-refractivity contribution in [3.05, 3.63) is 0 Å². The van der Waals surface area contributed by atoms with Crippen LogP contribution in [0.15, 0.2) is 0 Å². The summed E-state index contributed by atoms with van der Waals surface area (Å²) >= 11 is 0. The van der Waals surface area contributed by atoms with E-state index in [9.17, 15) is 0 Å². The molecule has 0 amide bonds. The van der Waals surface area contributed by atoms with E-state index in [0.717, 1.165) is 0 Å². The Hall–Kier alpha value is 1.92. The molecule has 3 N–H and O–H groups in total. The molecular weight excluding hydrogens is 112 g/mol. The van der Waals surface area contributed by atoms with Gasteiger partial charge in [0, 0.05) is 65.7 Å². The Labute approximate surface area is 91.2 Å². The Morgan fingerprint density at radius 2 is 2.00 bits per heavy atom. The third-order valence-electron chi connectivity index (χ3n) is 0.256. The SMILES string of the molecule is [2H]C([2H])(O)CCN.[Na].[Na]. The topological polar surface area (TPSA) is 46.2 Å². The summed E-state index contributed by atoms with van der Waals surface area (Å²) in [6.45, 7) is -1.89. The van der Waals surface area contributed by atoms with Crippen molar-refractivity contribution in [2.75, 3.05) is 13.1 Å². The molecule has 2 radical (unpaired) electrons. The fourth-order valence-corrected chi connectivity index (χ4v) is 0.0645. The van der Waals surface area contributed by atoms with E-state index in [4.69, 9.17) is 13.6 Å². The molecule has 34 valence electrons. The van der Waals surface area contributed by atoms with Gasteiger partial charge in [-0.2, -0.15) is 0 Å². The average molecular weight is 123 g/mol. The first-order chi connectivity index (χ1) is 3.06. The van der Waals surface area contributed by atoms with Crippen LogP contribution in [0.25, 0.3) is 0 Å². The number of nitrogens with two attached hydrogens (primary N) is 1. The van der Waals surface area contributed by atoms with E-state index in [0.29, 0.717) is 0 Å². The molecule has 0 bridgehead atoms. The van der Waals surface area contributed by atoms with Gasteiger partial charge in [0.05, 0.1) is 2.74 Å². The van der Waals surface area contributed by atoms with Gasteiger partial charge in [-0.05, 0) is 13.0 Å². The van der Waals surface area contributed by atoms with E-state index >= 15 is 0 Å². The molecule has 0 unspecified atom stereocenters. The van der Waals surface area contributed by atoms with Gasteiger partial charge in [0.2, 0.25) is 0 Å². The van der Waals surface area contributed by atoms with Gasteiger partial charge in [-0.3, -0.25) is 0 Å². The van der Waals surface area contributed by atoms with Gasteiger partial charge in [0.25, 0.3) is 0 Å². The molecule has 0 fully saturated rings. The van der Waals surface area contributed by atoms with Crippen molar-refractivity contribution in [3.63, 3.8) is 0 Å². The molecule has 0 saturated carbocycles. The summed E-state index contributed by atoms with van der Waals surface area (Å²) in [4.78, 5) is 0. The van der Waals surface area contributed by atoms with E-state index in [2.05, 4.69) is 0 Å². The van der Waals surface area contributed by atoms with Crippen LogP contribution in [0.5, 0.6) is 0 Å². The summed E-state index contributed by atoms with van der Waals surface area (Å²) in [5.74, 6) is 0.